The van der Waals surface area contributed by atoms with E-state index in [-0.39, 0.29) is 6.10 Å². The van der Waals surface area contributed by atoms with Gasteiger partial charge in [0.05, 0.1) is 6.10 Å². The molecule has 0 aromatic rings. The third-order valence-electron chi connectivity index (χ3n) is 10.0. The molecule has 3 saturated carbocycles. The fraction of sp³-hybridized carbons (Fsp3) is 0.786. The molecule has 8 atom stereocenters. The lowest BCUT2D eigenvalue weighted by Crippen LogP contribution is -2.46. The van der Waals surface area contributed by atoms with Gasteiger partial charge in [-0.05, 0) is 91.3 Å². The minimum Gasteiger partial charge on any atom is -0.393 e. The van der Waals surface area contributed by atoms with Crippen LogP contribution in [-0.4, -0.2) is 11.2 Å². The van der Waals surface area contributed by atoms with Gasteiger partial charge in [-0.3, -0.25) is 0 Å². The van der Waals surface area contributed by atoms with Gasteiger partial charge in [0.25, 0.3) is 0 Å². The van der Waals surface area contributed by atoms with Gasteiger partial charge in [0, 0.05) is 0 Å². The lowest BCUT2D eigenvalue weighted by molar-refractivity contribution is 0.0382. The molecular weight excluding hydrogens is 352 g/mol. The number of aliphatic hydroxyl groups excluding tert-OH is 1. The molecule has 4 aliphatic rings. The fourth-order valence-corrected chi connectivity index (χ4v) is 7.59. The van der Waals surface area contributed by atoms with Crippen LogP contribution in [0.4, 0.5) is 0 Å². The highest BCUT2D eigenvalue weighted by atomic mass is 16.3. The van der Waals surface area contributed by atoms with Crippen molar-refractivity contribution in [3.63, 3.8) is 0 Å². The Morgan fingerprint density at radius 3 is 2.41 bits per heavy atom. The Morgan fingerprint density at radius 1 is 0.931 bits per heavy atom. The van der Waals surface area contributed by atoms with E-state index in [0.29, 0.717) is 22.7 Å². The van der Waals surface area contributed by atoms with Crippen LogP contribution in [0.1, 0.15) is 86.5 Å². The molecule has 162 valence electrons. The summed E-state index contributed by atoms with van der Waals surface area (Å²) in [6, 6.07) is 0. The number of rotatable bonds is 4. The van der Waals surface area contributed by atoms with E-state index in [1.807, 2.05) is 0 Å². The molecule has 0 heterocycles. The van der Waals surface area contributed by atoms with E-state index in [1.54, 1.807) is 5.57 Å². The van der Waals surface area contributed by atoms with Gasteiger partial charge in [0.15, 0.2) is 0 Å². The molecule has 29 heavy (non-hydrogen) atoms. The third-order valence-corrected chi connectivity index (χ3v) is 10.0. The molecule has 1 N–H and O–H groups in total. The highest BCUT2D eigenvalue weighted by Crippen LogP contribution is 2.65. The van der Waals surface area contributed by atoms with E-state index >= 15 is 0 Å². The van der Waals surface area contributed by atoms with Crippen LogP contribution >= 0.6 is 0 Å². The van der Waals surface area contributed by atoms with E-state index < -0.39 is 0 Å². The second-order valence-electron chi connectivity index (χ2n) is 11.9. The summed E-state index contributed by atoms with van der Waals surface area (Å²) in [4.78, 5) is 0. The molecule has 0 aromatic carbocycles. The van der Waals surface area contributed by atoms with E-state index in [1.165, 1.54) is 37.7 Å². The standard InChI is InChI=1S/C28H44O/c1-18(2)19(3)7-8-20(4)24-11-12-25-23-10-9-21-17-22(29)13-15-27(21,5)26(23)14-16-28(24,25)6/h7-10,18-20,22,24-26,29H,11-17H2,1-6H3/b8-7+/t19-,20-,22+,24-,25+,26+,27+,28-/m0/s1. The second-order valence-corrected chi connectivity index (χ2v) is 11.9. The van der Waals surface area contributed by atoms with Gasteiger partial charge >= 0.3 is 0 Å². The maximum atomic E-state index is 10.2. The van der Waals surface area contributed by atoms with Crippen molar-refractivity contribution in [2.24, 2.45) is 46.3 Å². The van der Waals surface area contributed by atoms with E-state index in [0.717, 1.165) is 36.5 Å². The molecule has 0 amide bonds. The smallest absolute Gasteiger partial charge is 0.0578 e. The number of hydrogen-bond donors (Lipinski definition) is 1. The van der Waals surface area contributed by atoms with E-state index in [2.05, 4.69) is 65.8 Å². The minimum atomic E-state index is -0.116. The second kappa shape index (κ2) is 7.70. The van der Waals surface area contributed by atoms with E-state index in [4.69, 9.17) is 0 Å². The molecule has 0 aromatic heterocycles. The number of hydrogen-bond acceptors (Lipinski definition) is 1. The van der Waals surface area contributed by atoms with Crippen molar-refractivity contribution in [3.05, 3.63) is 35.5 Å². The molecule has 3 fully saturated rings. The first-order valence-corrected chi connectivity index (χ1v) is 12.4. The van der Waals surface area contributed by atoms with Crippen LogP contribution < -0.4 is 0 Å². The number of fused-ring (bicyclic) bond motifs is 5. The van der Waals surface area contributed by atoms with Crippen LogP contribution in [0.15, 0.2) is 35.5 Å². The Balaban J connectivity index is 1.57. The Morgan fingerprint density at radius 2 is 1.69 bits per heavy atom. The van der Waals surface area contributed by atoms with Crippen molar-refractivity contribution in [2.75, 3.05) is 0 Å². The molecule has 0 spiro atoms. The van der Waals surface area contributed by atoms with Gasteiger partial charge in [-0.1, -0.05) is 77.0 Å². The molecular formula is C28H44O. The van der Waals surface area contributed by atoms with Crippen LogP contribution in [0.3, 0.4) is 0 Å². The SMILES string of the molecule is CC(C)[C@@H](C)/C=C/[C@H](C)[C@@H]1CC[C@@H]2C3=CC=C4C[C@H](O)CC[C@@]4(C)[C@@H]3CC[C@]21C. The van der Waals surface area contributed by atoms with Crippen molar-refractivity contribution < 1.29 is 5.11 Å². The summed E-state index contributed by atoms with van der Waals surface area (Å²) >= 11 is 0. The van der Waals surface area contributed by atoms with Gasteiger partial charge < -0.3 is 5.11 Å². The summed E-state index contributed by atoms with van der Waals surface area (Å²) in [5, 5.41) is 10.2. The van der Waals surface area contributed by atoms with Crippen LogP contribution in [0.5, 0.6) is 0 Å². The minimum absolute atomic E-state index is 0.116. The predicted molar refractivity (Wildman–Crippen MR) is 123 cm³/mol. The van der Waals surface area contributed by atoms with Gasteiger partial charge in [0.1, 0.15) is 0 Å². The summed E-state index contributed by atoms with van der Waals surface area (Å²) in [7, 11) is 0. The van der Waals surface area contributed by atoms with Gasteiger partial charge in [-0.15, -0.1) is 0 Å². The van der Waals surface area contributed by atoms with Crippen LogP contribution in [-0.2, 0) is 0 Å². The average molecular weight is 397 g/mol. The van der Waals surface area contributed by atoms with Crippen molar-refractivity contribution in [1.82, 2.24) is 0 Å². The lowest BCUT2D eigenvalue weighted by atomic mass is 9.50. The summed E-state index contributed by atoms with van der Waals surface area (Å²) in [6.45, 7) is 14.6. The van der Waals surface area contributed by atoms with Crippen LogP contribution in [0.2, 0.25) is 0 Å². The molecule has 0 bridgehead atoms. The molecule has 0 unspecified atom stereocenters. The number of allylic oxidation sites excluding steroid dienone is 5. The maximum Gasteiger partial charge on any atom is 0.0578 e. The zero-order chi connectivity index (χ0) is 21.0. The topological polar surface area (TPSA) is 20.2 Å². The zero-order valence-electron chi connectivity index (χ0n) is 19.7. The Labute approximate surface area is 179 Å². The number of aliphatic hydroxyl groups is 1. The van der Waals surface area contributed by atoms with Gasteiger partial charge in [-0.2, -0.15) is 0 Å². The normalized spacial score (nSPS) is 44.0. The molecule has 4 aliphatic carbocycles. The molecule has 0 radical (unpaired) electrons. The fourth-order valence-electron chi connectivity index (χ4n) is 7.59. The Bertz CT molecular complexity index is 712. The van der Waals surface area contributed by atoms with Crippen molar-refractivity contribution in [2.45, 2.75) is 92.6 Å². The third kappa shape index (κ3) is 3.50. The maximum absolute atomic E-state index is 10.2. The molecule has 0 aliphatic heterocycles. The zero-order valence-corrected chi connectivity index (χ0v) is 19.7. The first kappa shape index (κ1) is 21.4. The Kier molecular flexibility index (Phi) is 5.69. The summed E-state index contributed by atoms with van der Waals surface area (Å²) in [5.41, 5.74) is 4.07. The van der Waals surface area contributed by atoms with Crippen molar-refractivity contribution >= 4 is 0 Å². The lowest BCUT2D eigenvalue weighted by Gasteiger charge is -2.55. The monoisotopic (exact) mass is 396 g/mol. The quantitative estimate of drug-likeness (QED) is 0.493. The largest absolute Gasteiger partial charge is 0.393 e. The first-order chi connectivity index (χ1) is 13.7. The molecule has 4 rings (SSSR count). The highest BCUT2D eigenvalue weighted by Gasteiger charge is 2.56. The molecule has 1 nitrogen and oxygen atoms in total. The van der Waals surface area contributed by atoms with Crippen LogP contribution in [0.25, 0.3) is 0 Å². The summed E-state index contributed by atoms with van der Waals surface area (Å²) < 4.78 is 0. The summed E-state index contributed by atoms with van der Waals surface area (Å²) in [5.74, 6) is 4.38. The van der Waals surface area contributed by atoms with Crippen molar-refractivity contribution in [3.8, 4) is 0 Å². The highest BCUT2D eigenvalue weighted by molar-refractivity contribution is 5.39. The summed E-state index contributed by atoms with van der Waals surface area (Å²) in [6.07, 6.45) is 18.4. The molecule has 0 saturated heterocycles. The van der Waals surface area contributed by atoms with Gasteiger partial charge in [0.2, 0.25) is 0 Å². The molecule has 1 heteroatoms. The average Bonchev–Trinajstić information content (AvgIpc) is 3.03. The van der Waals surface area contributed by atoms with Gasteiger partial charge in [-0.25, -0.2) is 0 Å². The van der Waals surface area contributed by atoms with E-state index in [9.17, 15) is 5.11 Å². The first-order valence-electron chi connectivity index (χ1n) is 12.4. The van der Waals surface area contributed by atoms with Crippen molar-refractivity contribution in [1.29, 1.82) is 0 Å². The predicted octanol–water partition coefficient (Wildman–Crippen LogP) is 7.33. The Hall–Kier alpha value is -0.820. The van der Waals surface area contributed by atoms with Crippen LogP contribution in [0, 0.1) is 46.3 Å².